The SMILES string of the molecule is C=CC(=O)NCc1ccc(C(=O)N2C[C@H]3CCN(C(=O)NC(C)C)[C@H]3C2)cc1. The number of hydrogen-bond donors (Lipinski definition) is 2. The highest BCUT2D eigenvalue weighted by Crippen LogP contribution is 2.32. The molecule has 0 aliphatic carbocycles. The zero-order valence-electron chi connectivity index (χ0n) is 16.5. The van der Waals surface area contributed by atoms with Crippen LogP contribution in [0.5, 0.6) is 0 Å². The molecule has 0 radical (unpaired) electrons. The topological polar surface area (TPSA) is 81.8 Å². The molecule has 7 nitrogen and oxygen atoms in total. The van der Waals surface area contributed by atoms with Gasteiger partial charge in [0.15, 0.2) is 0 Å². The van der Waals surface area contributed by atoms with Crippen LogP contribution in [0.1, 0.15) is 36.2 Å². The number of fused-ring (bicyclic) bond motifs is 1. The Kier molecular flexibility index (Phi) is 6.02. The van der Waals surface area contributed by atoms with Crippen molar-refractivity contribution in [3.05, 3.63) is 48.0 Å². The molecule has 3 rings (SSSR count). The average molecular weight is 384 g/mol. The predicted molar refractivity (Wildman–Crippen MR) is 107 cm³/mol. The molecule has 2 N–H and O–H groups in total. The third kappa shape index (κ3) is 4.35. The van der Waals surface area contributed by atoms with E-state index in [4.69, 9.17) is 0 Å². The molecule has 0 bridgehead atoms. The summed E-state index contributed by atoms with van der Waals surface area (Å²) in [6.45, 7) is 9.72. The summed E-state index contributed by atoms with van der Waals surface area (Å²) in [5, 5.41) is 5.66. The Morgan fingerprint density at radius 2 is 1.93 bits per heavy atom. The third-order valence-electron chi connectivity index (χ3n) is 5.36. The Balaban J connectivity index is 1.59. The van der Waals surface area contributed by atoms with Gasteiger partial charge in [-0.2, -0.15) is 0 Å². The van der Waals surface area contributed by atoms with Crippen molar-refractivity contribution < 1.29 is 14.4 Å². The van der Waals surface area contributed by atoms with Gasteiger partial charge in [-0.15, -0.1) is 0 Å². The van der Waals surface area contributed by atoms with Crippen LogP contribution in [0, 0.1) is 5.92 Å². The molecule has 0 unspecified atom stereocenters. The van der Waals surface area contributed by atoms with Crippen molar-refractivity contribution in [1.29, 1.82) is 0 Å². The van der Waals surface area contributed by atoms with Crippen LogP contribution in [-0.4, -0.2) is 59.4 Å². The van der Waals surface area contributed by atoms with Gasteiger partial charge in [-0.25, -0.2) is 4.79 Å². The van der Waals surface area contributed by atoms with Crippen molar-refractivity contribution in [2.24, 2.45) is 5.92 Å². The molecule has 1 aromatic rings. The molecule has 2 aliphatic rings. The van der Waals surface area contributed by atoms with Crippen LogP contribution in [0.15, 0.2) is 36.9 Å². The number of carbonyl (C=O) groups excluding carboxylic acids is 3. The van der Waals surface area contributed by atoms with Crippen molar-refractivity contribution in [3.8, 4) is 0 Å². The maximum Gasteiger partial charge on any atom is 0.317 e. The first-order valence-electron chi connectivity index (χ1n) is 9.74. The van der Waals surface area contributed by atoms with E-state index in [0.29, 0.717) is 31.1 Å². The predicted octanol–water partition coefficient (Wildman–Crippen LogP) is 1.75. The average Bonchev–Trinajstić information content (AvgIpc) is 3.26. The summed E-state index contributed by atoms with van der Waals surface area (Å²) in [6, 6.07) is 7.41. The lowest BCUT2D eigenvalue weighted by molar-refractivity contribution is -0.116. The molecule has 1 aromatic carbocycles. The summed E-state index contributed by atoms with van der Waals surface area (Å²) >= 11 is 0. The Bertz CT molecular complexity index is 759. The van der Waals surface area contributed by atoms with Gasteiger partial charge in [0.1, 0.15) is 0 Å². The largest absolute Gasteiger partial charge is 0.348 e. The Morgan fingerprint density at radius 1 is 1.21 bits per heavy atom. The van der Waals surface area contributed by atoms with E-state index in [1.807, 2.05) is 35.8 Å². The Hall–Kier alpha value is -2.83. The lowest BCUT2D eigenvalue weighted by Crippen LogP contribution is -2.47. The number of carbonyl (C=O) groups is 3. The first-order valence-corrected chi connectivity index (χ1v) is 9.74. The quantitative estimate of drug-likeness (QED) is 0.759. The second kappa shape index (κ2) is 8.46. The standard InChI is InChI=1S/C21H28N4O3/c1-4-19(26)22-11-15-5-7-16(8-6-15)20(27)24-12-17-9-10-25(18(17)13-24)21(28)23-14(2)3/h4-8,14,17-18H,1,9-13H2,2-3H3,(H,22,26)(H,23,28)/t17-,18+/m1/s1. The number of benzene rings is 1. The highest BCUT2D eigenvalue weighted by Gasteiger charge is 2.44. The lowest BCUT2D eigenvalue weighted by atomic mass is 10.1. The lowest BCUT2D eigenvalue weighted by Gasteiger charge is -2.26. The molecule has 2 saturated heterocycles. The minimum Gasteiger partial charge on any atom is -0.348 e. The summed E-state index contributed by atoms with van der Waals surface area (Å²) in [7, 11) is 0. The van der Waals surface area contributed by atoms with Crippen molar-refractivity contribution >= 4 is 17.8 Å². The van der Waals surface area contributed by atoms with Crippen LogP contribution in [0.2, 0.25) is 0 Å². The van der Waals surface area contributed by atoms with Crippen molar-refractivity contribution in [2.75, 3.05) is 19.6 Å². The molecule has 4 amide bonds. The molecule has 0 saturated carbocycles. The third-order valence-corrected chi connectivity index (χ3v) is 5.36. The summed E-state index contributed by atoms with van der Waals surface area (Å²) in [5.41, 5.74) is 1.54. The van der Waals surface area contributed by atoms with E-state index in [9.17, 15) is 14.4 Å². The number of hydrogen-bond acceptors (Lipinski definition) is 3. The van der Waals surface area contributed by atoms with Gasteiger partial charge in [0.2, 0.25) is 5.91 Å². The molecule has 2 heterocycles. The van der Waals surface area contributed by atoms with E-state index in [0.717, 1.165) is 18.5 Å². The highest BCUT2D eigenvalue weighted by atomic mass is 16.2. The van der Waals surface area contributed by atoms with E-state index >= 15 is 0 Å². The van der Waals surface area contributed by atoms with Gasteiger partial charge < -0.3 is 20.4 Å². The maximum atomic E-state index is 12.9. The van der Waals surface area contributed by atoms with Crippen LogP contribution in [0.25, 0.3) is 0 Å². The number of rotatable bonds is 5. The van der Waals surface area contributed by atoms with Crippen molar-refractivity contribution in [1.82, 2.24) is 20.4 Å². The van der Waals surface area contributed by atoms with Crippen molar-refractivity contribution in [2.45, 2.75) is 38.9 Å². The van der Waals surface area contributed by atoms with Gasteiger partial charge in [-0.3, -0.25) is 9.59 Å². The van der Waals surface area contributed by atoms with Crippen molar-refractivity contribution in [3.63, 3.8) is 0 Å². The monoisotopic (exact) mass is 384 g/mol. The van der Waals surface area contributed by atoms with Gasteiger partial charge in [0.05, 0.1) is 6.04 Å². The summed E-state index contributed by atoms with van der Waals surface area (Å²) in [6.07, 6.45) is 2.16. The minimum atomic E-state index is -0.227. The van der Waals surface area contributed by atoms with Crippen LogP contribution in [-0.2, 0) is 11.3 Å². The van der Waals surface area contributed by atoms with Crippen LogP contribution in [0.3, 0.4) is 0 Å². The van der Waals surface area contributed by atoms with Gasteiger partial charge >= 0.3 is 6.03 Å². The van der Waals surface area contributed by atoms with E-state index in [1.54, 1.807) is 12.1 Å². The normalized spacial score (nSPS) is 20.8. The minimum absolute atomic E-state index is 0.0136. The first-order chi connectivity index (χ1) is 13.4. The van der Waals surface area contributed by atoms with Crippen LogP contribution < -0.4 is 10.6 Å². The Labute approximate surface area is 165 Å². The highest BCUT2D eigenvalue weighted by molar-refractivity contribution is 5.94. The summed E-state index contributed by atoms with van der Waals surface area (Å²) in [5.74, 6) is 0.102. The summed E-state index contributed by atoms with van der Waals surface area (Å²) < 4.78 is 0. The van der Waals surface area contributed by atoms with E-state index in [2.05, 4.69) is 17.2 Å². The first kappa shape index (κ1) is 19.9. The molecule has 150 valence electrons. The van der Waals surface area contributed by atoms with Crippen LogP contribution >= 0.6 is 0 Å². The number of nitrogens with one attached hydrogen (secondary N) is 2. The fourth-order valence-electron chi connectivity index (χ4n) is 3.92. The molecule has 2 fully saturated rings. The number of nitrogens with zero attached hydrogens (tertiary/aromatic N) is 2. The number of urea groups is 1. The smallest absolute Gasteiger partial charge is 0.317 e. The maximum absolute atomic E-state index is 12.9. The molecule has 0 spiro atoms. The summed E-state index contributed by atoms with van der Waals surface area (Å²) in [4.78, 5) is 40.2. The second-order valence-electron chi connectivity index (χ2n) is 7.74. The molecule has 28 heavy (non-hydrogen) atoms. The Morgan fingerprint density at radius 3 is 2.57 bits per heavy atom. The van der Waals surface area contributed by atoms with Gasteiger partial charge in [-0.05, 0) is 44.0 Å². The molecule has 0 aromatic heterocycles. The zero-order valence-corrected chi connectivity index (χ0v) is 16.5. The molecule has 2 aliphatic heterocycles. The van der Waals surface area contributed by atoms with Gasteiger partial charge in [-0.1, -0.05) is 18.7 Å². The molecular weight excluding hydrogens is 356 g/mol. The molecule has 2 atom stereocenters. The second-order valence-corrected chi connectivity index (χ2v) is 7.74. The molecular formula is C21H28N4O3. The zero-order chi connectivity index (χ0) is 20.3. The van der Waals surface area contributed by atoms with Gasteiger partial charge in [0, 0.05) is 43.7 Å². The van der Waals surface area contributed by atoms with E-state index in [1.165, 1.54) is 6.08 Å². The number of amides is 4. The number of likely N-dealkylation sites (tertiary alicyclic amines) is 2. The fourth-order valence-corrected chi connectivity index (χ4v) is 3.92. The van der Waals surface area contributed by atoms with E-state index in [-0.39, 0.29) is 29.9 Å². The van der Waals surface area contributed by atoms with Crippen LogP contribution in [0.4, 0.5) is 4.79 Å². The van der Waals surface area contributed by atoms with Gasteiger partial charge in [0.25, 0.3) is 5.91 Å². The fraction of sp³-hybridized carbons (Fsp3) is 0.476. The molecule has 7 heteroatoms. The van der Waals surface area contributed by atoms with E-state index < -0.39 is 0 Å².